The van der Waals surface area contributed by atoms with Gasteiger partial charge >= 0.3 is 6.18 Å². The van der Waals surface area contributed by atoms with Gasteiger partial charge in [0.25, 0.3) is 0 Å². The summed E-state index contributed by atoms with van der Waals surface area (Å²) >= 11 is 0. The first-order valence-corrected chi connectivity index (χ1v) is 7.50. The molecule has 0 bridgehead atoms. The van der Waals surface area contributed by atoms with E-state index in [2.05, 4.69) is 22.5 Å². The number of hydrogen-bond acceptors (Lipinski definition) is 1. The zero-order valence-corrected chi connectivity index (χ0v) is 16.0. The van der Waals surface area contributed by atoms with E-state index in [1.165, 1.54) is 5.56 Å². The number of benzene rings is 1. The Kier molecular flexibility index (Phi) is 10.3. The molecule has 23 heavy (non-hydrogen) atoms. The molecule has 0 aliphatic rings. The molecule has 2 unspecified atom stereocenters. The number of hydrogen-bond donors (Lipinski definition) is 2. The zero-order valence-electron chi connectivity index (χ0n) is 13.7. The van der Waals surface area contributed by atoms with Gasteiger partial charge in [0.1, 0.15) is 0 Å². The average Bonchev–Trinajstić information content (AvgIpc) is 2.46. The van der Waals surface area contributed by atoms with E-state index in [0.717, 1.165) is 0 Å². The van der Waals surface area contributed by atoms with E-state index < -0.39 is 12.6 Å². The minimum atomic E-state index is -4.18. The molecule has 0 aliphatic carbocycles. The highest BCUT2D eigenvalue weighted by Gasteiger charge is 2.26. The van der Waals surface area contributed by atoms with Crippen molar-refractivity contribution in [1.82, 2.24) is 10.6 Å². The molecule has 2 N–H and O–H groups in total. The maximum Gasteiger partial charge on any atom is 0.390 e. The maximum absolute atomic E-state index is 12.2. The fourth-order valence-corrected chi connectivity index (χ4v) is 2.00. The molecule has 0 aromatic heterocycles. The Hall–Kier alpha value is -0.990. The van der Waals surface area contributed by atoms with Gasteiger partial charge < -0.3 is 10.6 Å². The lowest BCUT2D eigenvalue weighted by atomic mass is 9.94. The minimum Gasteiger partial charge on any atom is -0.357 e. The summed E-state index contributed by atoms with van der Waals surface area (Å²) < 4.78 is 36.6. The molecule has 0 spiro atoms. The summed E-state index contributed by atoms with van der Waals surface area (Å²) in [6, 6.07) is 10.0. The Balaban J connectivity index is 0.00000484. The summed E-state index contributed by atoms with van der Waals surface area (Å²) in [5, 5.41) is 6.15. The molecule has 0 saturated carbocycles. The largest absolute Gasteiger partial charge is 0.390 e. The molecular formula is C16H25F3IN3. The first-order valence-electron chi connectivity index (χ1n) is 7.50. The van der Waals surface area contributed by atoms with Gasteiger partial charge in [-0.25, -0.2) is 0 Å². The predicted molar refractivity (Wildman–Crippen MR) is 99.5 cm³/mol. The second-order valence-electron chi connectivity index (χ2n) is 5.26. The number of aliphatic imine (C=N–C) groups is 1. The summed E-state index contributed by atoms with van der Waals surface area (Å²) in [6.07, 6.45) is -5.09. The van der Waals surface area contributed by atoms with Crippen molar-refractivity contribution in [2.45, 2.75) is 45.3 Å². The van der Waals surface area contributed by atoms with Crippen LogP contribution in [0.5, 0.6) is 0 Å². The van der Waals surface area contributed by atoms with Crippen LogP contribution in [0.15, 0.2) is 35.3 Å². The lowest BCUT2D eigenvalue weighted by Crippen LogP contribution is -2.44. The first kappa shape index (κ1) is 22.0. The van der Waals surface area contributed by atoms with E-state index in [9.17, 15) is 13.2 Å². The van der Waals surface area contributed by atoms with Gasteiger partial charge in [0, 0.05) is 18.5 Å². The van der Waals surface area contributed by atoms with Crippen molar-refractivity contribution in [2.75, 3.05) is 13.1 Å². The molecule has 0 amide bonds. The molecule has 3 nitrogen and oxygen atoms in total. The van der Waals surface area contributed by atoms with Gasteiger partial charge in [0.15, 0.2) is 5.96 Å². The van der Waals surface area contributed by atoms with Crippen LogP contribution >= 0.6 is 24.0 Å². The smallest absolute Gasteiger partial charge is 0.357 e. The van der Waals surface area contributed by atoms with Crippen LogP contribution in [-0.2, 0) is 0 Å². The third kappa shape index (κ3) is 9.02. The highest BCUT2D eigenvalue weighted by Crippen LogP contribution is 2.20. The van der Waals surface area contributed by atoms with Crippen molar-refractivity contribution >= 4 is 29.9 Å². The summed E-state index contributed by atoms with van der Waals surface area (Å²) in [5.41, 5.74) is 1.17. The van der Waals surface area contributed by atoms with Gasteiger partial charge in [0.05, 0.1) is 13.0 Å². The van der Waals surface area contributed by atoms with Gasteiger partial charge in [0.2, 0.25) is 0 Å². The van der Waals surface area contributed by atoms with Crippen LogP contribution in [0.4, 0.5) is 13.2 Å². The molecule has 0 aliphatic heterocycles. The Labute approximate surface area is 153 Å². The summed E-state index contributed by atoms with van der Waals surface area (Å²) in [5.74, 6) is 0.634. The molecule has 132 valence electrons. The van der Waals surface area contributed by atoms with Gasteiger partial charge in [-0.1, -0.05) is 37.3 Å². The summed E-state index contributed by atoms with van der Waals surface area (Å²) in [4.78, 5) is 3.99. The molecule has 1 aromatic carbocycles. The maximum atomic E-state index is 12.2. The molecular weight excluding hydrogens is 418 g/mol. The lowest BCUT2D eigenvalue weighted by Gasteiger charge is -2.24. The molecule has 2 atom stereocenters. The Bertz CT molecular complexity index is 463. The quantitative estimate of drug-likeness (QED) is 0.391. The Morgan fingerprint density at radius 2 is 1.78 bits per heavy atom. The second kappa shape index (κ2) is 10.7. The summed E-state index contributed by atoms with van der Waals surface area (Å²) in [7, 11) is 0. The third-order valence-electron chi connectivity index (χ3n) is 3.45. The van der Waals surface area contributed by atoms with Crippen molar-refractivity contribution in [2.24, 2.45) is 4.99 Å². The van der Waals surface area contributed by atoms with Crippen LogP contribution in [0, 0.1) is 0 Å². The Morgan fingerprint density at radius 3 is 2.30 bits per heavy atom. The van der Waals surface area contributed by atoms with Crippen LogP contribution in [0.3, 0.4) is 0 Å². The fraction of sp³-hybridized carbons (Fsp3) is 0.562. The highest BCUT2D eigenvalue weighted by molar-refractivity contribution is 14.0. The number of guanidine groups is 1. The van der Waals surface area contributed by atoms with Crippen molar-refractivity contribution in [3.8, 4) is 0 Å². The highest BCUT2D eigenvalue weighted by atomic mass is 127. The molecule has 1 rings (SSSR count). The van der Waals surface area contributed by atoms with Crippen molar-refractivity contribution < 1.29 is 13.2 Å². The van der Waals surface area contributed by atoms with Gasteiger partial charge in [-0.2, -0.15) is 13.2 Å². The van der Waals surface area contributed by atoms with Crippen LogP contribution in [0.2, 0.25) is 0 Å². The van der Waals surface area contributed by atoms with Gasteiger partial charge in [-0.15, -0.1) is 24.0 Å². The van der Waals surface area contributed by atoms with Gasteiger partial charge in [-0.05, 0) is 19.4 Å². The second-order valence-corrected chi connectivity index (χ2v) is 5.26. The first-order chi connectivity index (χ1) is 10.3. The number of halogens is 4. The standard InChI is InChI=1S/C16H24F3N3.HI/c1-4-20-15(21-11-10-16(17,18)19)22-13(3)12(2)14-8-6-5-7-9-14;/h5-9,12-13H,4,10-11H2,1-3H3,(H2,20,21,22);1H. The zero-order chi connectivity index (χ0) is 16.6. The minimum absolute atomic E-state index is 0. The molecule has 0 heterocycles. The predicted octanol–water partition coefficient (Wildman–Crippen LogP) is 4.30. The monoisotopic (exact) mass is 443 g/mol. The molecule has 7 heteroatoms. The van der Waals surface area contributed by atoms with E-state index >= 15 is 0 Å². The van der Waals surface area contributed by atoms with E-state index in [0.29, 0.717) is 12.5 Å². The number of nitrogens with one attached hydrogen (secondary N) is 2. The normalized spacial score (nSPS) is 14.6. The third-order valence-corrected chi connectivity index (χ3v) is 3.45. The number of nitrogens with zero attached hydrogens (tertiary/aromatic N) is 1. The van der Waals surface area contributed by atoms with Crippen LogP contribution in [0.1, 0.15) is 38.7 Å². The van der Waals surface area contributed by atoms with E-state index in [-0.39, 0.29) is 42.5 Å². The molecule has 0 radical (unpaired) electrons. The topological polar surface area (TPSA) is 36.4 Å². The van der Waals surface area contributed by atoms with Crippen molar-refractivity contribution in [3.05, 3.63) is 35.9 Å². The SMILES string of the molecule is CCNC(=NCCC(F)(F)F)NC(C)C(C)c1ccccc1.I. The van der Waals surface area contributed by atoms with E-state index in [1.54, 1.807) is 0 Å². The van der Waals surface area contributed by atoms with E-state index in [1.807, 2.05) is 44.2 Å². The number of alkyl halides is 3. The summed E-state index contributed by atoms with van der Waals surface area (Å²) in [6.45, 7) is 6.28. The molecule has 1 aromatic rings. The Morgan fingerprint density at radius 1 is 1.17 bits per heavy atom. The van der Waals surface area contributed by atoms with E-state index in [4.69, 9.17) is 0 Å². The molecule has 0 saturated heterocycles. The number of rotatable bonds is 6. The van der Waals surface area contributed by atoms with Crippen molar-refractivity contribution in [1.29, 1.82) is 0 Å². The van der Waals surface area contributed by atoms with Crippen LogP contribution < -0.4 is 10.6 Å². The van der Waals surface area contributed by atoms with Crippen molar-refractivity contribution in [3.63, 3.8) is 0 Å². The van der Waals surface area contributed by atoms with Gasteiger partial charge in [-0.3, -0.25) is 4.99 Å². The molecule has 0 fully saturated rings. The fourth-order valence-electron chi connectivity index (χ4n) is 2.00. The van der Waals surface area contributed by atoms with Crippen LogP contribution in [0.25, 0.3) is 0 Å². The van der Waals surface area contributed by atoms with Crippen LogP contribution in [-0.4, -0.2) is 31.3 Å². The lowest BCUT2D eigenvalue weighted by molar-refractivity contribution is -0.132. The average molecular weight is 443 g/mol.